The number of aryl methyl sites for hydroxylation is 1. The first-order valence-corrected chi connectivity index (χ1v) is 13.9. The van der Waals surface area contributed by atoms with E-state index >= 15 is 0 Å². The zero-order valence-electron chi connectivity index (χ0n) is 23.5. The van der Waals surface area contributed by atoms with Crippen LogP contribution in [0.1, 0.15) is 60.7 Å². The van der Waals surface area contributed by atoms with E-state index < -0.39 is 0 Å². The van der Waals surface area contributed by atoms with Crippen molar-refractivity contribution in [3.05, 3.63) is 108 Å². The third kappa shape index (κ3) is 6.28. The fourth-order valence-electron chi connectivity index (χ4n) is 5.51. The number of imidazole rings is 1. The smallest absolute Gasteiger partial charge is 0.256 e. The first kappa shape index (κ1) is 26.8. The summed E-state index contributed by atoms with van der Waals surface area (Å²) in [6, 6.07) is 24.3. The van der Waals surface area contributed by atoms with Crippen molar-refractivity contribution in [2.75, 3.05) is 19.6 Å². The quantitative estimate of drug-likeness (QED) is 0.302. The Hall–Kier alpha value is -3.77. The molecule has 0 radical (unpaired) electrons. The molecule has 0 saturated carbocycles. The van der Waals surface area contributed by atoms with Gasteiger partial charge in [0.1, 0.15) is 5.82 Å². The number of nitrogens with zero attached hydrogens (tertiary/aromatic N) is 4. The number of hydrogen-bond donors (Lipinski definition) is 1. The van der Waals surface area contributed by atoms with Gasteiger partial charge < -0.3 is 14.8 Å². The standard InChI is InChI=1S/C33H39N5O/c1-24-15-16-28(20-35-24)32(39)38(22-26-17-18-34-19-26)30(33(2,3)4)31-36-29(27-13-9-6-10-14-27)23-37(31)21-25-11-7-5-8-12-25/h5-16,20,23,26,30,34H,17-19,21-22H2,1-4H3/t26-,30-/m0/s1. The largest absolute Gasteiger partial charge is 0.328 e. The zero-order valence-corrected chi connectivity index (χ0v) is 23.5. The monoisotopic (exact) mass is 521 g/mol. The van der Waals surface area contributed by atoms with Crippen molar-refractivity contribution in [3.8, 4) is 11.3 Å². The molecule has 1 N–H and O–H groups in total. The predicted molar refractivity (Wildman–Crippen MR) is 156 cm³/mol. The van der Waals surface area contributed by atoms with Crippen molar-refractivity contribution < 1.29 is 4.79 Å². The molecule has 39 heavy (non-hydrogen) atoms. The number of hydrogen-bond acceptors (Lipinski definition) is 4. The molecule has 202 valence electrons. The molecule has 0 unspecified atom stereocenters. The van der Waals surface area contributed by atoms with Gasteiger partial charge in [0.25, 0.3) is 5.91 Å². The average molecular weight is 522 g/mol. The molecule has 2 atom stereocenters. The highest BCUT2D eigenvalue weighted by Gasteiger charge is 2.40. The first-order valence-electron chi connectivity index (χ1n) is 13.9. The molecular formula is C33H39N5O. The summed E-state index contributed by atoms with van der Waals surface area (Å²) in [5, 5.41) is 3.48. The maximum atomic E-state index is 14.3. The number of amides is 1. The minimum atomic E-state index is -0.270. The van der Waals surface area contributed by atoms with Gasteiger partial charge in [0.2, 0.25) is 0 Å². The van der Waals surface area contributed by atoms with Gasteiger partial charge >= 0.3 is 0 Å². The third-order valence-corrected chi connectivity index (χ3v) is 7.49. The molecule has 1 aliphatic heterocycles. The van der Waals surface area contributed by atoms with Gasteiger partial charge in [-0.25, -0.2) is 4.98 Å². The van der Waals surface area contributed by atoms with Crippen molar-refractivity contribution >= 4 is 5.91 Å². The minimum Gasteiger partial charge on any atom is -0.328 e. The second-order valence-corrected chi connectivity index (χ2v) is 11.7. The van der Waals surface area contributed by atoms with Gasteiger partial charge in [0.05, 0.1) is 17.3 Å². The van der Waals surface area contributed by atoms with Crippen molar-refractivity contribution in [3.63, 3.8) is 0 Å². The van der Waals surface area contributed by atoms with Crippen LogP contribution in [0.15, 0.2) is 85.2 Å². The Balaban J connectivity index is 1.64. The molecule has 1 aliphatic rings. The second-order valence-electron chi connectivity index (χ2n) is 11.7. The highest BCUT2D eigenvalue weighted by molar-refractivity contribution is 5.94. The van der Waals surface area contributed by atoms with E-state index in [2.05, 4.69) is 83.1 Å². The van der Waals surface area contributed by atoms with Gasteiger partial charge in [-0.2, -0.15) is 0 Å². The van der Waals surface area contributed by atoms with Gasteiger partial charge in [0, 0.05) is 36.7 Å². The second kappa shape index (κ2) is 11.5. The number of nitrogens with one attached hydrogen (secondary N) is 1. The fourth-order valence-corrected chi connectivity index (χ4v) is 5.51. The number of carbonyl (C=O) groups excluding carboxylic acids is 1. The summed E-state index contributed by atoms with van der Waals surface area (Å²) in [5.74, 6) is 1.30. The number of benzene rings is 2. The minimum absolute atomic E-state index is 0.00449. The third-order valence-electron chi connectivity index (χ3n) is 7.49. The van der Waals surface area contributed by atoms with Crippen molar-refractivity contribution in [1.82, 2.24) is 24.8 Å². The van der Waals surface area contributed by atoms with Gasteiger partial charge in [-0.1, -0.05) is 81.4 Å². The fraction of sp³-hybridized carbons (Fsp3) is 0.364. The van der Waals surface area contributed by atoms with Crippen LogP contribution < -0.4 is 5.32 Å². The van der Waals surface area contributed by atoms with Gasteiger partial charge in [-0.05, 0) is 55.5 Å². The Morgan fingerprint density at radius 1 is 1.05 bits per heavy atom. The topological polar surface area (TPSA) is 63.1 Å². The lowest BCUT2D eigenvalue weighted by molar-refractivity contribution is 0.0437. The van der Waals surface area contributed by atoms with Crippen LogP contribution in [0.4, 0.5) is 0 Å². The highest BCUT2D eigenvalue weighted by Crippen LogP contribution is 2.40. The van der Waals surface area contributed by atoms with E-state index in [0.717, 1.165) is 42.3 Å². The molecule has 1 saturated heterocycles. The summed E-state index contributed by atoms with van der Waals surface area (Å²) in [6.45, 7) is 11.8. The van der Waals surface area contributed by atoms with Gasteiger partial charge in [0.15, 0.2) is 0 Å². The molecule has 0 spiro atoms. The Labute approximate surface area is 232 Å². The van der Waals surface area contributed by atoms with E-state index in [9.17, 15) is 4.79 Å². The maximum absolute atomic E-state index is 14.3. The SMILES string of the molecule is Cc1ccc(C(=O)N(C[C@H]2CCNC2)[C@@H](c2nc(-c3ccccc3)cn2Cc2ccccc2)C(C)(C)C)cn1. The summed E-state index contributed by atoms with van der Waals surface area (Å²) in [5.41, 5.74) is 4.43. The predicted octanol–water partition coefficient (Wildman–Crippen LogP) is 6.14. The maximum Gasteiger partial charge on any atom is 0.256 e. The lowest BCUT2D eigenvalue weighted by Crippen LogP contribution is -2.45. The van der Waals surface area contributed by atoms with E-state index in [1.165, 1.54) is 5.56 Å². The molecule has 5 rings (SSSR count). The van der Waals surface area contributed by atoms with Crippen LogP contribution >= 0.6 is 0 Å². The molecule has 0 aliphatic carbocycles. The molecule has 1 amide bonds. The van der Waals surface area contributed by atoms with Crippen LogP contribution in [0, 0.1) is 18.3 Å². The summed E-state index contributed by atoms with van der Waals surface area (Å²) in [7, 11) is 0. The highest BCUT2D eigenvalue weighted by atomic mass is 16.2. The van der Waals surface area contributed by atoms with Crippen molar-refractivity contribution in [2.45, 2.75) is 46.7 Å². The zero-order chi connectivity index (χ0) is 27.4. The van der Waals surface area contributed by atoms with Gasteiger partial charge in [-0.15, -0.1) is 0 Å². The molecule has 3 heterocycles. The van der Waals surface area contributed by atoms with E-state index in [-0.39, 0.29) is 17.4 Å². The van der Waals surface area contributed by atoms with E-state index in [0.29, 0.717) is 24.6 Å². The Kier molecular flexibility index (Phi) is 7.94. The van der Waals surface area contributed by atoms with Crippen LogP contribution in [0.3, 0.4) is 0 Å². The molecule has 2 aromatic carbocycles. The van der Waals surface area contributed by atoms with Crippen LogP contribution in [0.25, 0.3) is 11.3 Å². The van der Waals surface area contributed by atoms with Crippen LogP contribution in [0.2, 0.25) is 0 Å². The number of carbonyl (C=O) groups is 1. The Morgan fingerprint density at radius 2 is 1.77 bits per heavy atom. The molecule has 2 aromatic heterocycles. The summed E-state index contributed by atoms with van der Waals surface area (Å²) < 4.78 is 2.24. The number of pyridine rings is 1. The molecular weight excluding hydrogens is 482 g/mol. The average Bonchev–Trinajstić information content (AvgIpc) is 3.59. The summed E-state index contributed by atoms with van der Waals surface area (Å²) in [6.07, 6.45) is 4.91. The van der Waals surface area contributed by atoms with Gasteiger partial charge in [-0.3, -0.25) is 9.78 Å². The van der Waals surface area contributed by atoms with E-state index in [1.54, 1.807) is 6.20 Å². The lowest BCUT2D eigenvalue weighted by atomic mass is 9.84. The first-order chi connectivity index (χ1) is 18.8. The number of rotatable bonds is 8. The van der Waals surface area contributed by atoms with Crippen LogP contribution in [-0.2, 0) is 6.54 Å². The van der Waals surface area contributed by atoms with Crippen molar-refractivity contribution in [1.29, 1.82) is 0 Å². The molecule has 1 fully saturated rings. The van der Waals surface area contributed by atoms with Crippen molar-refractivity contribution in [2.24, 2.45) is 11.3 Å². The molecule has 6 heteroatoms. The molecule has 0 bridgehead atoms. The Bertz CT molecular complexity index is 1370. The summed E-state index contributed by atoms with van der Waals surface area (Å²) in [4.78, 5) is 26.1. The molecule has 6 nitrogen and oxygen atoms in total. The number of aromatic nitrogens is 3. The van der Waals surface area contributed by atoms with Crippen LogP contribution in [0.5, 0.6) is 0 Å². The normalized spacial score (nSPS) is 16.3. The van der Waals surface area contributed by atoms with Crippen LogP contribution in [-0.4, -0.2) is 45.0 Å². The molecule has 4 aromatic rings. The van der Waals surface area contributed by atoms with E-state index in [1.807, 2.05) is 43.3 Å². The summed E-state index contributed by atoms with van der Waals surface area (Å²) >= 11 is 0. The lowest BCUT2D eigenvalue weighted by Gasteiger charge is -2.41. The Morgan fingerprint density at radius 3 is 2.38 bits per heavy atom. The van der Waals surface area contributed by atoms with E-state index in [4.69, 9.17) is 4.98 Å².